The standard InChI is InChI=1S/C25H33N3O/c1-5-20-18-28(15-8-14-27(3)4)16-12-21(20)17-19(2)25(29)23-11-13-26-24-10-7-6-9-22(23)24/h5-7,9-11,13,20-21H,1-2,8,12,14-18H2,3-4H3. The Morgan fingerprint density at radius 2 is 2.10 bits per heavy atom. The van der Waals surface area contributed by atoms with E-state index >= 15 is 0 Å². The fourth-order valence-corrected chi connectivity index (χ4v) is 4.33. The average Bonchev–Trinajstić information content (AvgIpc) is 2.73. The predicted octanol–water partition coefficient (Wildman–Crippen LogP) is 4.44. The van der Waals surface area contributed by atoms with E-state index in [4.69, 9.17) is 0 Å². The Balaban J connectivity index is 1.62. The first-order valence-corrected chi connectivity index (χ1v) is 10.6. The number of fused-ring (bicyclic) bond motifs is 1. The fraction of sp³-hybridized carbons (Fsp3) is 0.440. The summed E-state index contributed by atoms with van der Waals surface area (Å²) in [6, 6.07) is 9.60. The van der Waals surface area contributed by atoms with Gasteiger partial charge in [-0.25, -0.2) is 0 Å². The van der Waals surface area contributed by atoms with Crippen LogP contribution in [0.3, 0.4) is 0 Å². The Kier molecular flexibility index (Phi) is 7.34. The molecule has 1 aliphatic heterocycles. The lowest BCUT2D eigenvalue weighted by atomic mass is 9.80. The summed E-state index contributed by atoms with van der Waals surface area (Å²) in [4.78, 5) is 22.3. The van der Waals surface area contributed by atoms with Crippen LogP contribution in [0.5, 0.6) is 0 Å². The highest BCUT2D eigenvalue weighted by Crippen LogP contribution is 2.31. The van der Waals surface area contributed by atoms with E-state index in [0.29, 0.717) is 23.0 Å². The number of ketones is 1. The smallest absolute Gasteiger partial charge is 0.189 e. The maximum absolute atomic E-state index is 13.1. The number of rotatable bonds is 9. The first-order valence-electron chi connectivity index (χ1n) is 10.6. The molecule has 3 rings (SSSR count). The molecule has 0 saturated carbocycles. The van der Waals surface area contributed by atoms with Gasteiger partial charge in [0, 0.05) is 23.7 Å². The molecule has 4 heteroatoms. The number of benzene rings is 1. The molecule has 1 saturated heterocycles. The van der Waals surface area contributed by atoms with E-state index in [1.807, 2.05) is 30.3 Å². The fourth-order valence-electron chi connectivity index (χ4n) is 4.33. The number of hydrogen-bond donors (Lipinski definition) is 0. The molecule has 1 aliphatic rings. The van der Waals surface area contributed by atoms with Crippen molar-refractivity contribution in [3.05, 3.63) is 66.9 Å². The summed E-state index contributed by atoms with van der Waals surface area (Å²) < 4.78 is 0. The highest BCUT2D eigenvalue weighted by atomic mass is 16.1. The number of aromatic nitrogens is 1. The van der Waals surface area contributed by atoms with Gasteiger partial charge in [-0.15, -0.1) is 6.58 Å². The topological polar surface area (TPSA) is 36.4 Å². The van der Waals surface area contributed by atoms with Crippen LogP contribution in [-0.4, -0.2) is 60.8 Å². The number of likely N-dealkylation sites (tertiary alicyclic amines) is 1. The van der Waals surface area contributed by atoms with Crippen LogP contribution in [0, 0.1) is 11.8 Å². The quantitative estimate of drug-likeness (QED) is 0.360. The van der Waals surface area contributed by atoms with Gasteiger partial charge < -0.3 is 9.80 Å². The zero-order valence-corrected chi connectivity index (χ0v) is 17.8. The number of Topliss-reactive ketones (excluding diaryl/α,β-unsaturated/α-hetero) is 1. The number of para-hydroxylation sites is 1. The van der Waals surface area contributed by atoms with Crippen molar-refractivity contribution < 1.29 is 4.79 Å². The molecule has 0 spiro atoms. The van der Waals surface area contributed by atoms with E-state index in [1.54, 1.807) is 6.20 Å². The van der Waals surface area contributed by atoms with Crippen molar-refractivity contribution in [2.75, 3.05) is 40.3 Å². The van der Waals surface area contributed by atoms with Gasteiger partial charge in [0.2, 0.25) is 0 Å². The van der Waals surface area contributed by atoms with E-state index < -0.39 is 0 Å². The number of allylic oxidation sites excluding steroid dienone is 1. The third-order valence-electron chi connectivity index (χ3n) is 6.00. The Labute approximate surface area is 174 Å². The van der Waals surface area contributed by atoms with Gasteiger partial charge in [-0.05, 0) is 82.5 Å². The third kappa shape index (κ3) is 5.40. The normalized spacial score (nSPS) is 20.1. The van der Waals surface area contributed by atoms with Crippen LogP contribution in [-0.2, 0) is 0 Å². The molecular formula is C25H33N3O. The van der Waals surface area contributed by atoms with Crippen molar-refractivity contribution in [1.29, 1.82) is 0 Å². The highest BCUT2D eigenvalue weighted by molar-refractivity contribution is 6.15. The second-order valence-electron chi connectivity index (χ2n) is 8.42. The first-order chi connectivity index (χ1) is 14.0. The number of carbonyl (C=O) groups excluding carboxylic acids is 1. The number of hydrogen-bond acceptors (Lipinski definition) is 4. The summed E-state index contributed by atoms with van der Waals surface area (Å²) in [7, 11) is 4.24. The molecule has 1 fully saturated rings. The zero-order chi connectivity index (χ0) is 20.8. The lowest BCUT2D eigenvalue weighted by Crippen LogP contribution is -2.41. The molecule has 2 atom stereocenters. The van der Waals surface area contributed by atoms with Gasteiger partial charge in [0.15, 0.2) is 5.78 Å². The van der Waals surface area contributed by atoms with Crippen LogP contribution in [0.2, 0.25) is 0 Å². The van der Waals surface area contributed by atoms with Gasteiger partial charge in [0.1, 0.15) is 0 Å². The molecule has 0 N–H and O–H groups in total. The van der Waals surface area contributed by atoms with Gasteiger partial charge in [-0.1, -0.05) is 30.9 Å². The number of carbonyl (C=O) groups is 1. The molecule has 0 radical (unpaired) electrons. The lowest BCUT2D eigenvalue weighted by Gasteiger charge is -2.37. The maximum Gasteiger partial charge on any atom is 0.189 e. The molecule has 154 valence electrons. The average molecular weight is 392 g/mol. The second kappa shape index (κ2) is 9.95. The first kappa shape index (κ1) is 21.4. The molecule has 4 nitrogen and oxygen atoms in total. The van der Waals surface area contributed by atoms with Crippen LogP contribution in [0.4, 0.5) is 0 Å². The molecule has 1 aromatic carbocycles. The number of piperidine rings is 1. The Hall–Kier alpha value is -2.30. The summed E-state index contributed by atoms with van der Waals surface area (Å²) in [5.74, 6) is 0.879. The second-order valence-corrected chi connectivity index (χ2v) is 8.42. The molecule has 29 heavy (non-hydrogen) atoms. The van der Waals surface area contributed by atoms with Crippen LogP contribution >= 0.6 is 0 Å². The van der Waals surface area contributed by atoms with Gasteiger partial charge in [-0.2, -0.15) is 0 Å². The van der Waals surface area contributed by atoms with Gasteiger partial charge in [0.25, 0.3) is 0 Å². The van der Waals surface area contributed by atoms with E-state index in [9.17, 15) is 4.79 Å². The number of nitrogens with zero attached hydrogens (tertiary/aromatic N) is 3. The van der Waals surface area contributed by atoms with Crippen molar-refractivity contribution >= 4 is 16.7 Å². The van der Waals surface area contributed by atoms with Crippen molar-refractivity contribution in [2.45, 2.75) is 19.3 Å². The Bertz CT molecular complexity index is 868. The SMILES string of the molecule is C=CC1CN(CCCN(C)C)CCC1CC(=C)C(=O)c1ccnc2ccccc12. The van der Waals surface area contributed by atoms with E-state index in [-0.39, 0.29) is 5.78 Å². The molecule has 2 aromatic rings. The van der Waals surface area contributed by atoms with E-state index in [2.05, 4.69) is 48.1 Å². The van der Waals surface area contributed by atoms with Gasteiger partial charge in [-0.3, -0.25) is 9.78 Å². The highest BCUT2D eigenvalue weighted by Gasteiger charge is 2.29. The van der Waals surface area contributed by atoms with Crippen molar-refractivity contribution in [2.24, 2.45) is 11.8 Å². The predicted molar refractivity (Wildman–Crippen MR) is 121 cm³/mol. The van der Waals surface area contributed by atoms with Crippen LogP contribution in [0.15, 0.2) is 61.3 Å². The molecule has 2 heterocycles. The molecule has 0 amide bonds. The Morgan fingerprint density at radius 1 is 1.31 bits per heavy atom. The maximum atomic E-state index is 13.1. The van der Waals surface area contributed by atoms with Gasteiger partial charge >= 0.3 is 0 Å². The monoisotopic (exact) mass is 391 g/mol. The molecule has 0 aliphatic carbocycles. The van der Waals surface area contributed by atoms with E-state index in [0.717, 1.165) is 49.9 Å². The van der Waals surface area contributed by atoms with Crippen molar-refractivity contribution in [1.82, 2.24) is 14.8 Å². The minimum atomic E-state index is 0.0415. The lowest BCUT2D eigenvalue weighted by molar-refractivity contribution is 0.101. The summed E-state index contributed by atoms with van der Waals surface area (Å²) in [6.45, 7) is 12.6. The van der Waals surface area contributed by atoms with Gasteiger partial charge in [0.05, 0.1) is 5.52 Å². The largest absolute Gasteiger partial charge is 0.309 e. The minimum Gasteiger partial charge on any atom is -0.309 e. The summed E-state index contributed by atoms with van der Waals surface area (Å²) in [6.07, 6.45) is 6.78. The zero-order valence-electron chi connectivity index (χ0n) is 17.8. The molecular weight excluding hydrogens is 358 g/mol. The van der Waals surface area contributed by atoms with Crippen molar-refractivity contribution in [3.8, 4) is 0 Å². The Morgan fingerprint density at radius 3 is 2.86 bits per heavy atom. The van der Waals surface area contributed by atoms with Crippen LogP contribution in [0.25, 0.3) is 10.9 Å². The molecule has 1 aromatic heterocycles. The van der Waals surface area contributed by atoms with E-state index in [1.165, 1.54) is 6.42 Å². The van der Waals surface area contributed by atoms with Crippen molar-refractivity contribution in [3.63, 3.8) is 0 Å². The third-order valence-corrected chi connectivity index (χ3v) is 6.00. The number of pyridine rings is 1. The summed E-state index contributed by atoms with van der Waals surface area (Å²) >= 11 is 0. The molecule has 0 bridgehead atoms. The van der Waals surface area contributed by atoms with Crippen LogP contribution in [0.1, 0.15) is 29.6 Å². The van der Waals surface area contributed by atoms with Crippen LogP contribution < -0.4 is 0 Å². The molecule has 2 unspecified atom stereocenters. The minimum absolute atomic E-state index is 0.0415. The summed E-state index contributed by atoms with van der Waals surface area (Å²) in [5.41, 5.74) is 2.25. The summed E-state index contributed by atoms with van der Waals surface area (Å²) in [5, 5.41) is 0.900.